The van der Waals surface area contributed by atoms with E-state index in [1.807, 2.05) is 10.8 Å². The van der Waals surface area contributed by atoms with Gasteiger partial charge >= 0.3 is 5.97 Å². The van der Waals surface area contributed by atoms with E-state index in [-0.39, 0.29) is 6.10 Å². The molecule has 98 valence electrons. The fourth-order valence-electron chi connectivity index (χ4n) is 2.91. The Bertz CT molecular complexity index is 449. The van der Waals surface area contributed by atoms with Crippen LogP contribution in [-0.4, -0.2) is 33.3 Å². The van der Waals surface area contributed by atoms with E-state index >= 15 is 0 Å². The minimum Gasteiger partial charge on any atom is -0.480 e. The molecule has 5 nitrogen and oxygen atoms in total. The first-order chi connectivity index (χ1) is 8.74. The first kappa shape index (κ1) is 11.7. The van der Waals surface area contributed by atoms with Gasteiger partial charge in [0.05, 0.1) is 11.8 Å². The maximum atomic E-state index is 11.2. The highest BCUT2D eigenvalue weighted by Gasteiger charge is 2.27. The molecule has 1 N–H and O–H groups in total. The number of aromatic nitrogens is 2. The zero-order valence-electron chi connectivity index (χ0n) is 10.3. The molecule has 3 heterocycles. The van der Waals surface area contributed by atoms with E-state index in [1.165, 1.54) is 0 Å². The number of hydrogen-bond donors (Lipinski definition) is 1. The molecule has 0 amide bonds. The molecule has 0 saturated carbocycles. The minimum absolute atomic E-state index is 0.269. The summed E-state index contributed by atoms with van der Waals surface area (Å²) in [5.74, 6) is 0.165. The summed E-state index contributed by atoms with van der Waals surface area (Å²) >= 11 is 0. The first-order valence-corrected chi connectivity index (χ1v) is 6.65. The minimum atomic E-state index is -0.753. The highest BCUT2D eigenvalue weighted by atomic mass is 16.5. The summed E-state index contributed by atoms with van der Waals surface area (Å²) in [5, 5.41) is 9.21. The van der Waals surface area contributed by atoms with Gasteiger partial charge in [-0.2, -0.15) is 0 Å². The van der Waals surface area contributed by atoms with Gasteiger partial charge in [-0.15, -0.1) is 0 Å². The lowest BCUT2D eigenvalue weighted by Crippen LogP contribution is -2.24. The number of carboxylic acid groups (broad SMARTS) is 1. The maximum absolute atomic E-state index is 11.2. The largest absolute Gasteiger partial charge is 0.480 e. The van der Waals surface area contributed by atoms with Crippen LogP contribution in [0.2, 0.25) is 0 Å². The second-order valence-electron chi connectivity index (χ2n) is 5.14. The van der Waals surface area contributed by atoms with Gasteiger partial charge in [-0.3, -0.25) is 0 Å². The highest BCUT2D eigenvalue weighted by molar-refractivity contribution is 5.72. The molecule has 2 atom stereocenters. The second kappa shape index (κ2) is 4.72. The Morgan fingerprint density at radius 1 is 1.50 bits per heavy atom. The van der Waals surface area contributed by atoms with Crippen LogP contribution >= 0.6 is 0 Å². The number of carbonyl (C=O) groups is 1. The average molecular weight is 250 g/mol. The lowest BCUT2D eigenvalue weighted by Gasteiger charge is -2.20. The van der Waals surface area contributed by atoms with Crippen molar-refractivity contribution in [2.45, 2.75) is 50.7 Å². The van der Waals surface area contributed by atoms with E-state index < -0.39 is 12.0 Å². The SMILES string of the molecule is O=C(O)C1CCCc2nc(CC3CCCO3)cn21. The molecule has 2 aliphatic heterocycles. The van der Waals surface area contributed by atoms with Gasteiger partial charge in [0.1, 0.15) is 11.9 Å². The summed E-state index contributed by atoms with van der Waals surface area (Å²) in [6.07, 6.45) is 7.70. The Morgan fingerprint density at radius 3 is 3.11 bits per heavy atom. The van der Waals surface area contributed by atoms with Gasteiger partial charge in [-0.05, 0) is 25.7 Å². The molecule has 0 aromatic carbocycles. The lowest BCUT2D eigenvalue weighted by molar-refractivity contribution is -0.141. The molecule has 3 rings (SSSR count). The number of ether oxygens (including phenoxy) is 1. The Kier molecular flexibility index (Phi) is 3.07. The summed E-state index contributed by atoms with van der Waals surface area (Å²) in [6.45, 7) is 0.843. The number of hydrogen-bond acceptors (Lipinski definition) is 3. The maximum Gasteiger partial charge on any atom is 0.326 e. The van der Waals surface area contributed by atoms with Gasteiger partial charge in [0.15, 0.2) is 0 Å². The van der Waals surface area contributed by atoms with Crippen LogP contribution in [0.3, 0.4) is 0 Å². The molecule has 1 saturated heterocycles. The predicted octanol–water partition coefficient (Wildman–Crippen LogP) is 1.57. The predicted molar refractivity (Wildman–Crippen MR) is 64.5 cm³/mol. The number of nitrogens with zero attached hydrogens (tertiary/aromatic N) is 2. The zero-order valence-corrected chi connectivity index (χ0v) is 10.3. The fraction of sp³-hybridized carbons (Fsp3) is 0.692. The molecular formula is C13H18N2O3. The molecule has 0 aliphatic carbocycles. The van der Waals surface area contributed by atoms with E-state index in [0.717, 1.165) is 50.2 Å². The van der Waals surface area contributed by atoms with Crippen molar-refractivity contribution in [3.8, 4) is 0 Å². The van der Waals surface area contributed by atoms with E-state index in [1.54, 1.807) is 0 Å². The Hall–Kier alpha value is -1.36. The van der Waals surface area contributed by atoms with Gasteiger partial charge in [0.25, 0.3) is 0 Å². The Balaban J connectivity index is 1.79. The molecule has 0 radical (unpaired) electrons. The number of aliphatic carboxylic acids is 1. The third kappa shape index (κ3) is 2.14. The molecule has 0 bridgehead atoms. The van der Waals surface area contributed by atoms with Crippen LogP contribution in [0.25, 0.3) is 0 Å². The monoisotopic (exact) mass is 250 g/mol. The van der Waals surface area contributed by atoms with Crippen molar-refractivity contribution < 1.29 is 14.6 Å². The van der Waals surface area contributed by atoms with E-state index in [2.05, 4.69) is 4.98 Å². The normalized spacial score (nSPS) is 27.1. The van der Waals surface area contributed by atoms with Gasteiger partial charge < -0.3 is 14.4 Å². The number of imidazole rings is 1. The van der Waals surface area contributed by atoms with Crippen LogP contribution in [0.15, 0.2) is 6.20 Å². The van der Waals surface area contributed by atoms with Gasteiger partial charge in [0.2, 0.25) is 0 Å². The molecule has 1 fully saturated rings. The molecular weight excluding hydrogens is 232 g/mol. The molecule has 0 spiro atoms. The molecule has 2 unspecified atom stereocenters. The summed E-state index contributed by atoms with van der Waals surface area (Å²) < 4.78 is 7.44. The summed E-state index contributed by atoms with van der Waals surface area (Å²) in [6, 6.07) is -0.431. The molecule has 1 aromatic heterocycles. The van der Waals surface area contributed by atoms with Crippen LogP contribution < -0.4 is 0 Å². The summed E-state index contributed by atoms with van der Waals surface area (Å²) in [4.78, 5) is 15.8. The first-order valence-electron chi connectivity index (χ1n) is 6.65. The third-order valence-electron chi connectivity index (χ3n) is 3.82. The zero-order chi connectivity index (χ0) is 12.5. The van der Waals surface area contributed by atoms with E-state index in [0.29, 0.717) is 6.42 Å². The van der Waals surface area contributed by atoms with Gasteiger partial charge in [-0.25, -0.2) is 9.78 Å². The highest BCUT2D eigenvalue weighted by Crippen LogP contribution is 2.26. The van der Waals surface area contributed by atoms with Crippen molar-refractivity contribution >= 4 is 5.97 Å². The lowest BCUT2D eigenvalue weighted by atomic mass is 10.1. The van der Waals surface area contributed by atoms with Crippen molar-refractivity contribution in [2.24, 2.45) is 0 Å². The van der Waals surface area contributed by atoms with Crippen LogP contribution in [0.5, 0.6) is 0 Å². The number of rotatable bonds is 3. The third-order valence-corrected chi connectivity index (χ3v) is 3.82. The average Bonchev–Trinajstić information content (AvgIpc) is 2.96. The van der Waals surface area contributed by atoms with Crippen molar-refractivity contribution in [3.63, 3.8) is 0 Å². The molecule has 1 aromatic rings. The Morgan fingerprint density at radius 2 is 2.39 bits per heavy atom. The fourth-order valence-corrected chi connectivity index (χ4v) is 2.91. The van der Waals surface area contributed by atoms with Crippen molar-refractivity contribution in [3.05, 3.63) is 17.7 Å². The van der Waals surface area contributed by atoms with Gasteiger partial charge in [0, 0.05) is 25.6 Å². The molecule has 18 heavy (non-hydrogen) atoms. The number of fused-ring (bicyclic) bond motifs is 1. The van der Waals surface area contributed by atoms with Crippen LogP contribution in [0.1, 0.15) is 43.2 Å². The van der Waals surface area contributed by atoms with Gasteiger partial charge in [-0.1, -0.05) is 0 Å². The van der Waals surface area contributed by atoms with Crippen molar-refractivity contribution in [1.82, 2.24) is 9.55 Å². The smallest absolute Gasteiger partial charge is 0.326 e. The van der Waals surface area contributed by atoms with Crippen molar-refractivity contribution in [1.29, 1.82) is 0 Å². The van der Waals surface area contributed by atoms with E-state index in [9.17, 15) is 9.90 Å². The molecule has 2 aliphatic rings. The standard InChI is InChI=1S/C13H18N2O3/c16-13(17)11-4-1-5-12-14-9(8-15(11)12)7-10-3-2-6-18-10/h8,10-11H,1-7H2,(H,16,17). The Labute approximate surface area is 106 Å². The second-order valence-corrected chi connectivity index (χ2v) is 5.14. The van der Waals surface area contributed by atoms with Crippen LogP contribution in [0.4, 0.5) is 0 Å². The quantitative estimate of drug-likeness (QED) is 0.884. The number of aryl methyl sites for hydroxylation is 1. The topological polar surface area (TPSA) is 64.3 Å². The van der Waals surface area contributed by atoms with Crippen molar-refractivity contribution in [2.75, 3.05) is 6.61 Å². The molecule has 5 heteroatoms. The summed E-state index contributed by atoms with van der Waals surface area (Å²) in [5.41, 5.74) is 0.977. The van der Waals surface area contributed by atoms with Crippen LogP contribution in [-0.2, 0) is 22.4 Å². The summed E-state index contributed by atoms with van der Waals surface area (Å²) in [7, 11) is 0. The van der Waals surface area contributed by atoms with E-state index in [4.69, 9.17) is 4.74 Å². The van der Waals surface area contributed by atoms with Crippen LogP contribution in [0, 0.1) is 0 Å². The number of carboxylic acids is 1.